The fourth-order valence-corrected chi connectivity index (χ4v) is 8.35. The average Bonchev–Trinajstić information content (AvgIpc) is 3.67. The Morgan fingerprint density at radius 3 is 1.69 bits per heavy atom. The Kier molecular flexibility index (Phi) is 13.0. The molecule has 2 heterocycles. The van der Waals surface area contributed by atoms with E-state index in [0.29, 0.717) is 83.0 Å². The number of aromatic nitrogens is 1. The van der Waals surface area contributed by atoms with Crippen LogP contribution in [0.15, 0.2) is 151 Å². The molecule has 62 heavy (non-hydrogen) atoms. The van der Waals surface area contributed by atoms with Crippen LogP contribution in [-0.4, -0.2) is 38.3 Å². The molecule has 0 atom stereocenters. The second kappa shape index (κ2) is 19.2. The zero-order chi connectivity index (χ0) is 43.0. The minimum atomic E-state index is -0.254. The number of rotatable bonds is 17. The number of halogens is 1. The minimum Gasteiger partial charge on any atom is -0.493 e. The van der Waals surface area contributed by atoms with Gasteiger partial charge in [0.05, 0.1) is 27.0 Å². The Hall–Kier alpha value is -6.91. The first-order chi connectivity index (χ1) is 30.4. The van der Waals surface area contributed by atoms with Gasteiger partial charge >= 0.3 is 0 Å². The van der Waals surface area contributed by atoms with Gasteiger partial charge < -0.3 is 38.3 Å². The van der Waals surface area contributed by atoms with Gasteiger partial charge in [0, 0.05) is 39.8 Å². The molecule has 1 N–H and O–H groups in total. The summed E-state index contributed by atoms with van der Waals surface area (Å²) in [6.45, 7) is 5.76. The molecular formula is C52H47BrN2O7. The highest BCUT2D eigenvalue weighted by molar-refractivity contribution is 9.10. The van der Waals surface area contributed by atoms with Crippen molar-refractivity contribution in [3.8, 4) is 68.0 Å². The van der Waals surface area contributed by atoms with E-state index in [1.807, 2.05) is 127 Å². The van der Waals surface area contributed by atoms with Crippen LogP contribution in [0.1, 0.15) is 32.7 Å². The summed E-state index contributed by atoms with van der Waals surface area (Å²) < 4.78 is 39.9. The van der Waals surface area contributed by atoms with Crippen LogP contribution < -0.4 is 33.7 Å². The number of methoxy groups -OCH3 is 3. The highest BCUT2D eigenvalue weighted by Crippen LogP contribution is 2.53. The first-order valence-corrected chi connectivity index (χ1v) is 21.1. The van der Waals surface area contributed by atoms with Crippen LogP contribution in [0.5, 0.6) is 34.5 Å². The Morgan fingerprint density at radius 1 is 0.629 bits per heavy atom. The fraction of sp³-hybridized carbons (Fsp3) is 0.173. The van der Waals surface area contributed by atoms with Gasteiger partial charge in [0.25, 0.3) is 5.91 Å². The van der Waals surface area contributed by atoms with Crippen molar-refractivity contribution in [2.75, 3.05) is 27.9 Å². The number of hydrogen-bond donors (Lipinski definition) is 1. The van der Waals surface area contributed by atoms with Crippen molar-refractivity contribution >= 4 is 21.8 Å². The van der Waals surface area contributed by atoms with Crippen LogP contribution in [0.25, 0.3) is 33.5 Å². The molecule has 7 aromatic rings. The number of carbonyl (C=O) groups excluding carboxylic acids is 1. The summed E-state index contributed by atoms with van der Waals surface area (Å²) in [5.74, 6) is 3.15. The maximum atomic E-state index is 14.7. The van der Waals surface area contributed by atoms with Crippen LogP contribution in [0, 0.1) is 0 Å². The first-order valence-electron chi connectivity index (χ1n) is 20.3. The third-order valence-electron chi connectivity index (χ3n) is 10.8. The number of nitrogens with one attached hydrogen (secondary N) is 1. The molecule has 6 aromatic carbocycles. The Morgan fingerprint density at radius 2 is 1.15 bits per heavy atom. The zero-order valence-corrected chi connectivity index (χ0v) is 36.5. The lowest BCUT2D eigenvalue weighted by Gasteiger charge is -2.24. The van der Waals surface area contributed by atoms with Crippen LogP contribution in [0.4, 0.5) is 0 Å². The topological polar surface area (TPSA) is 89.4 Å². The molecule has 0 aliphatic carbocycles. The highest BCUT2D eigenvalue weighted by atomic mass is 79.9. The second-order valence-corrected chi connectivity index (χ2v) is 15.5. The van der Waals surface area contributed by atoms with Crippen molar-refractivity contribution in [3.05, 3.63) is 179 Å². The van der Waals surface area contributed by atoms with Gasteiger partial charge in [0.1, 0.15) is 25.5 Å². The van der Waals surface area contributed by atoms with E-state index in [-0.39, 0.29) is 12.5 Å². The summed E-state index contributed by atoms with van der Waals surface area (Å²) in [6, 6.07) is 43.8. The maximum Gasteiger partial charge on any atom is 0.268 e. The van der Waals surface area contributed by atoms with Gasteiger partial charge in [0.2, 0.25) is 0 Å². The molecule has 0 bridgehead atoms. The van der Waals surface area contributed by atoms with Crippen LogP contribution in [0.2, 0.25) is 0 Å². The maximum absolute atomic E-state index is 14.7. The van der Waals surface area contributed by atoms with Gasteiger partial charge in [-0.15, -0.1) is 6.58 Å². The van der Waals surface area contributed by atoms with Crippen molar-refractivity contribution in [2.24, 2.45) is 0 Å². The fourth-order valence-electron chi connectivity index (χ4n) is 7.83. The van der Waals surface area contributed by atoms with Gasteiger partial charge in [0.15, 0.2) is 34.5 Å². The van der Waals surface area contributed by atoms with Crippen molar-refractivity contribution in [3.63, 3.8) is 0 Å². The molecule has 0 radical (unpaired) electrons. The smallest absolute Gasteiger partial charge is 0.268 e. The number of carbonyl (C=O) groups is 1. The van der Waals surface area contributed by atoms with E-state index >= 15 is 0 Å². The molecule has 0 unspecified atom stereocenters. The van der Waals surface area contributed by atoms with E-state index in [4.69, 9.17) is 28.4 Å². The number of benzene rings is 6. The Labute approximate surface area is 370 Å². The molecule has 1 amide bonds. The number of ether oxygens (including phenoxy) is 6. The van der Waals surface area contributed by atoms with E-state index in [9.17, 15) is 4.79 Å². The van der Waals surface area contributed by atoms with Crippen LogP contribution in [-0.2, 0) is 32.8 Å². The summed E-state index contributed by atoms with van der Waals surface area (Å²) in [4.78, 5) is 14.7. The Balaban J connectivity index is 1.33. The Bertz CT molecular complexity index is 2700. The standard InChI is InChI=1S/C52H47BrN2O7/c1-5-24-54-52(56)51-49(40-29-45(59-4)47(30-41(40)53)62-33-36-19-13-8-14-20-36)48(38-21-22-42(43(27-38)57-2)60-31-34-15-9-6-10-16-34)50-39-28-44(58-3)46(26-37(39)23-25-55(50)51)61-32-35-17-11-7-12-18-35/h5-22,26-30H,1,23-25,31-33H2,2-4H3,(H,54,56). The lowest BCUT2D eigenvalue weighted by molar-refractivity contribution is 0.0949. The highest BCUT2D eigenvalue weighted by Gasteiger charge is 2.35. The molecule has 314 valence electrons. The molecule has 1 aromatic heterocycles. The second-order valence-electron chi connectivity index (χ2n) is 14.7. The van der Waals surface area contributed by atoms with Crippen molar-refractivity contribution in [1.29, 1.82) is 0 Å². The molecule has 9 nitrogen and oxygen atoms in total. The molecule has 10 heteroatoms. The molecular weight excluding hydrogens is 844 g/mol. The number of hydrogen-bond acceptors (Lipinski definition) is 7. The van der Waals surface area contributed by atoms with Crippen LogP contribution >= 0.6 is 15.9 Å². The van der Waals surface area contributed by atoms with Crippen molar-refractivity contribution in [1.82, 2.24) is 9.88 Å². The van der Waals surface area contributed by atoms with Gasteiger partial charge in [-0.3, -0.25) is 4.79 Å². The number of aryl methyl sites for hydroxylation is 1. The lowest BCUT2D eigenvalue weighted by atomic mass is 9.89. The van der Waals surface area contributed by atoms with E-state index in [0.717, 1.165) is 50.2 Å². The van der Waals surface area contributed by atoms with Crippen LogP contribution in [0.3, 0.4) is 0 Å². The number of fused-ring (bicyclic) bond motifs is 3. The predicted molar refractivity (Wildman–Crippen MR) is 247 cm³/mol. The molecule has 0 saturated carbocycles. The van der Waals surface area contributed by atoms with Gasteiger partial charge in [-0.2, -0.15) is 0 Å². The largest absolute Gasteiger partial charge is 0.493 e. The van der Waals surface area contributed by atoms with Crippen molar-refractivity contribution in [2.45, 2.75) is 32.8 Å². The minimum absolute atomic E-state index is 0.254. The summed E-state index contributed by atoms with van der Waals surface area (Å²) in [5.41, 5.74) is 9.43. The van der Waals surface area contributed by atoms with E-state index in [1.54, 1.807) is 27.4 Å². The molecule has 0 spiro atoms. The van der Waals surface area contributed by atoms with E-state index in [2.05, 4.69) is 38.5 Å². The van der Waals surface area contributed by atoms with Gasteiger partial charge in [-0.05, 0) is 70.6 Å². The zero-order valence-electron chi connectivity index (χ0n) is 34.9. The third-order valence-corrected chi connectivity index (χ3v) is 11.5. The van der Waals surface area contributed by atoms with E-state index in [1.165, 1.54) is 0 Å². The monoisotopic (exact) mass is 890 g/mol. The normalized spacial score (nSPS) is 11.5. The van der Waals surface area contributed by atoms with E-state index < -0.39 is 0 Å². The predicted octanol–water partition coefficient (Wildman–Crippen LogP) is 11.5. The van der Waals surface area contributed by atoms with Crippen molar-refractivity contribution < 1.29 is 33.2 Å². The first kappa shape index (κ1) is 41.8. The number of amides is 1. The molecule has 0 saturated heterocycles. The summed E-state index contributed by atoms with van der Waals surface area (Å²) >= 11 is 3.92. The average molecular weight is 892 g/mol. The summed E-state index contributed by atoms with van der Waals surface area (Å²) in [5, 5.41) is 3.09. The summed E-state index contributed by atoms with van der Waals surface area (Å²) in [6.07, 6.45) is 2.31. The quantitative estimate of drug-likeness (QED) is 0.0911. The third kappa shape index (κ3) is 8.78. The molecule has 1 aliphatic heterocycles. The SMILES string of the molecule is C=CCNC(=O)c1c(-c2cc(OC)c(OCc3ccccc3)cc2Br)c(-c2ccc(OCc3ccccc3)c(OC)c2)c2n1CCc1cc(OCc3ccccc3)c(OC)cc1-2. The number of nitrogens with zero attached hydrogens (tertiary/aromatic N) is 1. The molecule has 8 rings (SSSR count). The molecule has 0 fully saturated rings. The van der Waals surface area contributed by atoms with Gasteiger partial charge in [-0.25, -0.2) is 0 Å². The summed E-state index contributed by atoms with van der Waals surface area (Å²) in [7, 11) is 4.89. The van der Waals surface area contributed by atoms with Gasteiger partial charge in [-0.1, -0.05) is 119 Å². The molecule has 1 aliphatic rings. The lowest BCUT2D eigenvalue weighted by Crippen LogP contribution is -2.27.